The number of H-pyrrole nitrogens is 1. The summed E-state index contributed by atoms with van der Waals surface area (Å²) in [5.41, 5.74) is 3.88. The van der Waals surface area contributed by atoms with Crippen molar-refractivity contribution >= 4 is 17.2 Å². The summed E-state index contributed by atoms with van der Waals surface area (Å²) >= 11 is 0. The molecule has 82 valence electrons. The number of benzene rings is 2. The molecule has 3 aromatic rings. The van der Waals surface area contributed by atoms with Gasteiger partial charge in [0.15, 0.2) is 6.29 Å². The van der Waals surface area contributed by atoms with E-state index in [1.54, 1.807) is 0 Å². The molecule has 0 spiro atoms. The van der Waals surface area contributed by atoms with Crippen molar-refractivity contribution in [1.82, 2.24) is 4.98 Å². The van der Waals surface area contributed by atoms with Gasteiger partial charge in [-0.3, -0.25) is 4.79 Å². The Morgan fingerprint density at radius 1 is 1.00 bits per heavy atom. The molecule has 0 aliphatic heterocycles. The van der Waals surface area contributed by atoms with Gasteiger partial charge in [-0.15, -0.1) is 0 Å². The lowest BCUT2D eigenvalue weighted by Gasteiger charge is -2.04. The SMILES string of the molecule is O=Cc1ccccc1-c1ccc2[nH]ccc2c1. The van der Waals surface area contributed by atoms with Crippen LogP contribution in [0.3, 0.4) is 0 Å². The highest BCUT2D eigenvalue weighted by Crippen LogP contribution is 2.26. The van der Waals surface area contributed by atoms with Gasteiger partial charge in [0.1, 0.15) is 0 Å². The molecule has 1 N–H and O–H groups in total. The maximum absolute atomic E-state index is 11.0. The lowest BCUT2D eigenvalue weighted by molar-refractivity contribution is 0.112. The zero-order valence-electron chi connectivity index (χ0n) is 9.18. The molecule has 0 bridgehead atoms. The summed E-state index contributed by atoms with van der Waals surface area (Å²) in [6.07, 6.45) is 2.82. The first-order chi connectivity index (χ1) is 8.38. The highest BCUT2D eigenvalue weighted by atomic mass is 16.1. The van der Waals surface area contributed by atoms with Gasteiger partial charge < -0.3 is 4.98 Å². The topological polar surface area (TPSA) is 32.9 Å². The summed E-state index contributed by atoms with van der Waals surface area (Å²) in [4.78, 5) is 14.2. The molecule has 0 aliphatic rings. The van der Waals surface area contributed by atoms with Crippen LogP contribution in [0.2, 0.25) is 0 Å². The lowest BCUT2D eigenvalue weighted by Crippen LogP contribution is -1.86. The van der Waals surface area contributed by atoms with Crippen LogP contribution in [0.4, 0.5) is 0 Å². The molecular weight excluding hydrogens is 210 g/mol. The first-order valence-electron chi connectivity index (χ1n) is 5.50. The van der Waals surface area contributed by atoms with Gasteiger partial charge in [-0.2, -0.15) is 0 Å². The van der Waals surface area contributed by atoms with Crippen LogP contribution in [0, 0.1) is 0 Å². The third-order valence-corrected chi connectivity index (χ3v) is 2.95. The standard InChI is InChI=1S/C15H11NO/c17-10-13-3-1-2-4-14(13)11-5-6-15-12(9-11)7-8-16-15/h1-10,16H. The fraction of sp³-hybridized carbons (Fsp3) is 0. The second-order valence-electron chi connectivity index (χ2n) is 3.98. The molecular formula is C15H11NO. The molecule has 2 aromatic carbocycles. The van der Waals surface area contributed by atoms with Crippen LogP contribution in [0.5, 0.6) is 0 Å². The van der Waals surface area contributed by atoms with Crippen LogP contribution in [-0.4, -0.2) is 11.3 Å². The van der Waals surface area contributed by atoms with E-state index in [0.717, 1.165) is 33.9 Å². The fourth-order valence-electron chi connectivity index (χ4n) is 2.08. The minimum atomic E-state index is 0.724. The number of rotatable bonds is 2. The monoisotopic (exact) mass is 221 g/mol. The number of hydrogen-bond donors (Lipinski definition) is 1. The predicted octanol–water partition coefficient (Wildman–Crippen LogP) is 3.65. The lowest BCUT2D eigenvalue weighted by atomic mass is 9.99. The van der Waals surface area contributed by atoms with Gasteiger partial charge in [0.2, 0.25) is 0 Å². The smallest absolute Gasteiger partial charge is 0.150 e. The molecule has 0 amide bonds. The summed E-state index contributed by atoms with van der Waals surface area (Å²) in [6, 6.07) is 15.8. The molecule has 2 heteroatoms. The Bertz CT molecular complexity index is 682. The van der Waals surface area contributed by atoms with Crippen molar-refractivity contribution in [1.29, 1.82) is 0 Å². The van der Waals surface area contributed by atoms with E-state index in [0.29, 0.717) is 0 Å². The number of carbonyl (C=O) groups excluding carboxylic acids is 1. The average molecular weight is 221 g/mol. The number of nitrogens with one attached hydrogen (secondary N) is 1. The van der Waals surface area contributed by atoms with Gasteiger partial charge in [-0.25, -0.2) is 0 Å². The molecule has 1 aromatic heterocycles. The summed E-state index contributed by atoms with van der Waals surface area (Å²) < 4.78 is 0. The van der Waals surface area contributed by atoms with Gasteiger partial charge in [-0.05, 0) is 34.7 Å². The molecule has 1 heterocycles. The van der Waals surface area contributed by atoms with E-state index in [9.17, 15) is 4.79 Å². The van der Waals surface area contributed by atoms with Crippen LogP contribution in [-0.2, 0) is 0 Å². The van der Waals surface area contributed by atoms with Crippen molar-refractivity contribution in [3.8, 4) is 11.1 Å². The molecule has 0 aliphatic carbocycles. The Hall–Kier alpha value is -2.35. The van der Waals surface area contributed by atoms with Gasteiger partial charge in [0, 0.05) is 17.3 Å². The zero-order chi connectivity index (χ0) is 11.7. The van der Waals surface area contributed by atoms with Crippen LogP contribution in [0.1, 0.15) is 10.4 Å². The molecule has 0 saturated heterocycles. The second-order valence-corrected chi connectivity index (χ2v) is 3.98. The van der Waals surface area contributed by atoms with E-state index >= 15 is 0 Å². The van der Waals surface area contributed by atoms with Crippen molar-refractivity contribution in [2.24, 2.45) is 0 Å². The van der Waals surface area contributed by atoms with Gasteiger partial charge >= 0.3 is 0 Å². The van der Waals surface area contributed by atoms with E-state index in [1.165, 1.54) is 0 Å². The summed E-state index contributed by atoms with van der Waals surface area (Å²) in [5, 5.41) is 1.16. The Kier molecular flexibility index (Phi) is 2.26. The molecule has 0 unspecified atom stereocenters. The molecule has 0 atom stereocenters. The maximum Gasteiger partial charge on any atom is 0.150 e. The predicted molar refractivity (Wildman–Crippen MR) is 69.1 cm³/mol. The molecule has 2 nitrogen and oxygen atoms in total. The van der Waals surface area contributed by atoms with Crippen LogP contribution in [0.15, 0.2) is 54.7 Å². The minimum absolute atomic E-state index is 0.724. The van der Waals surface area contributed by atoms with Crippen molar-refractivity contribution in [3.05, 3.63) is 60.3 Å². The van der Waals surface area contributed by atoms with Crippen LogP contribution >= 0.6 is 0 Å². The molecule has 0 radical (unpaired) electrons. The van der Waals surface area contributed by atoms with Crippen molar-refractivity contribution in [3.63, 3.8) is 0 Å². The van der Waals surface area contributed by atoms with Crippen molar-refractivity contribution in [2.45, 2.75) is 0 Å². The highest BCUT2D eigenvalue weighted by molar-refractivity contribution is 5.91. The first kappa shape index (κ1) is 9.85. The zero-order valence-corrected chi connectivity index (χ0v) is 9.18. The molecule has 0 saturated carbocycles. The van der Waals surface area contributed by atoms with E-state index in [4.69, 9.17) is 0 Å². The Labute approximate surface area is 98.9 Å². The van der Waals surface area contributed by atoms with Crippen molar-refractivity contribution in [2.75, 3.05) is 0 Å². The first-order valence-corrected chi connectivity index (χ1v) is 5.50. The largest absolute Gasteiger partial charge is 0.361 e. The summed E-state index contributed by atoms with van der Waals surface area (Å²) in [5.74, 6) is 0. The number of carbonyl (C=O) groups is 1. The quantitative estimate of drug-likeness (QED) is 0.658. The van der Waals surface area contributed by atoms with Gasteiger partial charge in [0.25, 0.3) is 0 Å². The molecule has 17 heavy (non-hydrogen) atoms. The van der Waals surface area contributed by atoms with E-state index in [2.05, 4.69) is 11.1 Å². The summed E-state index contributed by atoms with van der Waals surface area (Å²) in [7, 11) is 0. The van der Waals surface area contributed by atoms with Gasteiger partial charge in [-0.1, -0.05) is 30.3 Å². The normalized spacial score (nSPS) is 10.6. The van der Waals surface area contributed by atoms with Crippen molar-refractivity contribution < 1.29 is 4.79 Å². The maximum atomic E-state index is 11.0. The van der Waals surface area contributed by atoms with Crippen LogP contribution in [0.25, 0.3) is 22.0 Å². The number of aromatic nitrogens is 1. The van der Waals surface area contributed by atoms with E-state index < -0.39 is 0 Å². The van der Waals surface area contributed by atoms with Gasteiger partial charge in [0.05, 0.1) is 0 Å². The third-order valence-electron chi connectivity index (χ3n) is 2.95. The van der Waals surface area contributed by atoms with Crippen LogP contribution < -0.4 is 0 Å². The number of hydrogen-bond acceptors (Lipinski definition) is 1. The average Bonchev–Trinajstić information content (AvgIpc) is 2.85. The molecule has 3 rings (SSSR count). The van der Waals surface area contributed by atoms with E-state index in [1.807, 2.05) is 48.7 Å². The number of aldehydes is 1. The highest BCUT2D eigenvalue weighted by Gasteiger charge is 2.04. The Morgan fingerprint density at radius 3 is 2.76 bits per heavy atom. The fourth-order valence-corrected chi connectivity index (χ4v) is 2.08. The number of aromatic amines is 1. The Balaban J connectivity index is 2.22. The minimum Gasteiger partial charge on any atom is -0.361 e. The summed E-state index contributed by atoms with van der Waals surface area (Å²) in [6.45, 7) is 0. The second kappa shape index (κ2) is 3.91. The number of fused-ring (bicyclic) bond motifs is 1. The Morgan fingerprint density at radius 2 is 1.88 bits per heavy atom. The third kappa shape index (κ3) is 1.64. The van der Waals surface area contributed by atoms with E-state index in [-0.39, 0.29) is 0 Å². The molecule has 0 fully saturated rings.